The van der Waals surface area contributed by atoms with Gasteiger partial charge in [0.25, 0.3) is 0 Å². The van der Waals surface area contributed by atoms with E-state index >= 15 is 0 Å². The highest BCUT2D eigenvalue weighted by molar-refractivity contribution is 7.14. The number of hydrogen-bond acceptors (Lipinski definition) is 3. The number of hydrogen-bond donors (Lipinski definition) is 0. The zero-order valence-corrected chi connectivity index (χ0v) is 8.72. The molecule has 0 radical (unpaired) electrons. The number of aryl methyl sites for hydroxylation is 3. The summed E-state index contributed by atoms with van der Waals surface area (Å²) in [6.07, 6.45) is 1.79. The van der Waals surface area contributed by atoms with Crippen LogP contribution >= 0.6 is 11.3 Å². The molecule has 0 saturated carbocycles. The van der Waals surface area contributed by atoms with Crippen molar-refractivity contribution >= 4 is 11.3 Å². The minimum absolute atomic E-state index is 0.956. The van der Waals surface area contributed by atoms with E-state index in [1.54, 1.807) is 17.5 Å². The molecule has 0 aliphatic rings. The molecule has 0 spiro atoms. The third kappa shape index (κ3) is 1.37. The number of nitrogens with zero attached hydrogens (tertiary/aromatic N) is 3. The van der Waals surface area contributed by atoms with Gasteiger partial charge < -0.3 is 0 Å². The zero-order chi connectivity index (χ0) is 9.42. The van der Waals surface area contributed by atoms with E-state index in [1.807, 2.05) is 24.6 Å². The molecule has 13 heavy (non-hydrogen) atoms. The predicted octanol–water partition coefficient (Wildman–Crippen LogP) is 2.25. The minimum Gasteiger partial charge on any atom is -0.223 e. The largest absolute Gasteiger partial charge is 0.223 e. The second-order valence-electron chi connectivity index (χ2n) is 3.02. The fourth-order valence-corrected chi connectivity index (χ4v) is 2.04. The molecule has 3 nitrogen and oxygen atoms in total. The van der Waals surface area contributed by atoms with E-state index < -0.39 is 0 Å². The van der Waals surface area contributed by atoms with Gasteiger partial charge in [-0.3, -0.25) is 0 Å². The SMILES string of the molecule is Cc1nc(-n2nccc2C)sc1C. The fraction of sp³-hybridized carbons (Fsp3) is 0.333. The van der Waals surface area contributed by atoms with Crippen molar-refractivity contribution in [2.45, 2.75) is 20.8 Å². The Kier molecular flexibility index (Phi) is 1.92. The van der Waals surface area contributed by atoms with Crippen LogP contribution in [0.5, 0.6) is 0 Å². The lowest BCUT2D eigenvalue weighted by molar-refractivity contribution is 0.834. The summed E-state index contributed by atoms with van der Waals surface area (Å²) in [4.78, 5) is 5.69. The molecule has 0 fully saturated rings. The number of thiazole rings is 1. The summed E-state index contributed by atoms with van der Waals surface area (Å²) in [5.41, 5.74) is 2.21. The summed E-state index contributed by atoms with van der Waals surface area (Å²) in [5, 5.41) is 5.16. The summed E-state index contributed by atoms with van der Waals surface area (Å²) in [6.45, 7) is 6.13. The van der Waals surface area contributed by atoms with Crippen molar-refractivity contribution in [3.63, 3.8) is 0 Å². The van der Waals surface area contributed by atoms with Crippen molar-refractivity contribution in [1.29, 1.82) is 0 Å². The van der Waals surface area contributed by atoms with Crippen LogP contribution < -0.4 is 0 Å². The van der Waals surface area contributed by atoms with Crippen LogP contribution in [0.25, 0.3) is 5.13 Å². The predicted molar refractivity (Wildman–Crippen MR) is 53.4 cm³/mol. The van der Waals surface area contributed by atoms with Gasteiger partial charge in [0.2, 0.25) is 5.13 Å². The Morgan fingerprint density at radius 1 is 1.31 bits per heavy atom. The van der Waals surface area contributed by atoms with Crippen LogP contribution in [0.2, 0.25) is 0 Å². The molecule has 0 unspecified atom stereocenters. The van der Waals surface area contributed by atoms with Gasteiger partial charge in [-0.25, -0.2) is 9.67 Å². The van der Waals surface area contributed by atoms with Gasteiger partial charge in [0.1, 0.15) is 0 Å². The lowest BCUT2D eigenvalue weighted by atomic mass is 10.4. The summed E-state index contributed by atoms with van der Waals surface area (Å²) >= 11 is 1.68. The normalized spacial score (nSPS) is 10.7. The fourth-order valence-electron chi connectivity index (χ4n) is 1.12. The van der Waals surface area contributed by atoms with Crippen molar-refractivity contribution in [3.8, 4) is 5.13 Å². The highest BCUT2D eigenvalue weighted by atomic mass is 32.1. The molecule has 0 atom stereocenters. The molecule has 2 aromatic heterocycles. The molecule has 0 aliphatic carbocycles. The van der Waals surface area contributed by atoms with Crippen molar-refractivity contribution in [3.05, 3.63) is 28.5 Å². The van der Waals surface area contributed by atoms with Crippen LogP contribution in [0, 0.1) is 20.8 Å². The third-order valence-electron chi connectivity index (χ3n) is 2.03. The monoisotopic (exact) mass is 193 g/mol. The van der Waals surface area contributed by atoms with Crippen molar-refractivity contribution < 1.29 is 0 Å². The molecular weight excluding hydrogens is 182 g/mol. The average Bonchev–Trinajstić information content (AvgIpc) is 2.60. The second kappa shape index (κ2) is 2.96. The smallest absolute Gasteiger partial charge is 0.210 e. The molecule has 2 rings (SSSR count). The third-order valence-corrected chi connectivity index (χ3v) is 3.08. The zero-order valence-electron chi connectivity index (χ0n) is 7.90. The van der Waals surface area contributed by atoms with Crippen molar-refractivity contribution in [2.75, 3.05) is 0 Å². The molecule has 0 N–H and O–H groups in total. The maximum atomic E-state index is 4.43. The van der Waals surface area contributed by atoms with Crippen LogP contribution in [0.15, 0.2) is 12.3 Å². The molecule has 4 heteroatoms. The van der Waals surface area contributed by atoms with Crippen molar-refractivity contribution in [2.24, 2.45) is 0 Å². The first-order valence-electron chi connectivity index (χ1n) is 4.13. The molecule has 0 bridgehead atoms. The van der Waals surface area contributed by atoms with E-state index in [1.165, 1.54) is 4.88 Å². The quantitative estimate of drug-likeness (QED) is 0.695. The van der Waals surface area contributed by atoms with Gasteiger partial charge in [0, 0.05) is 16.8 Å². The van der Waals surface area contributed by atoms with Crippen LogP contribution in [-0.4, -0.2) is 14.8 Å². The Hall–Kier alpha value is -1.16. The van der Waals surface area contributed by atoms with E-state index in [4.69, 9.17) is 0 Å². The Labute approximate surface area is 81.1 Å². The van der Waals surface area contributed by atoms with Crippen molar-refractivity contribution in [1.82, 2.24) is 14.8 Å². The van der Waals surface area contributed by atoms with Gasteiger partial charge in [-0.05, 0) is 26.8 Å². The molecule has 0 aliphatic heterocycles. The minimum atomic E-state index is 0.956. The van der Waals surface area contributed by atoms with E-state index in [9.17, 15) is 0 Å². The highest BCUT2D eigenvalue weighted by Gasteiger charge is 2.07. The van der Waals surface area contributed by atoms with Gasteiger partial charge in [-0.2, -0.15) is 5.10 Å². The maximum absolute atomic E-state index is 4.43. The van der Waals surface area contributed by atoms with Gasteiger partial charge in [-0.15, -0.1) is 0 Å². The molecule has 0 amide bonds. The first-order valence-corrected chi connectivity index (χ1v) is 4.95. The number of aromatic nitrogens is 3. The first-order chi connectivity index (χ1) is 6.18. The second-order valence-corrected chi connectivity index (χ2v) is 4.20. The average molecular weight is 193 g/mol. The molecule has 68 valence electrons. The van der Waals surface area contributed by atoms with E-state index in [0.29, 0.717) is 0 Å². The van der Waals surface area contributed by atoms with E-state index in [0.717, 1.165) is 16.5 Å². The Bertz CT molecular complexity index is 408. The van der Waals surface area contributed by atoms with Crippen LogP contribution in [0.3, 0.4) is 0 Å². The Morgan fingerprint density at radius 2 is 2.08 bits per heavy atom. The van der Waals surface area contributed by atoms with Gasteiger partial charge in [0.15, 0.2) is 0 Å². The molecule has 0 aromatic carbocycles. The standard InChI is InChI=1S/C9H11N3S/c1-6-4-5-10-12(6)9-11-7(2)8(3)13-9/h4-5H,1-3H3. The Balaban J connectivity index is 2.53. The first kappa shape index (κ1) is 8.44. The van der Waals surface area contributed by atoms with Crippen LogP contribution in [0.1, 0.15) is 16.3 Å². The van der Waals surface area contributed by atoms with Crippen LogP contribution in [0.4, 0.5) is 0 Å². The lowest BCUT2D eigenvalue weighted by Gasteiger charge is -1.96. The molecule has 2 aromatic rings. The molecule has 0 saturated heterocycles. The summed E-state index contributed by atoms with van der Waals surface area (Å²) in [6, 6.07) is 1.98. The van der Waals surface area contributed by atoms with Gasteiger partial charge >= 0.3 is 0 Å². The van der Waals surface area contributed by atoms with E-state index in [-0.39, 0.29) is 0 Å². The topological polar surface area (TPSA) is 30.7 Å². The molecular formula is C9H11N3S. The summed E-state index contributed by atoms with van der Waals surface area (Å²) in [5.74, 6) is 0. The lowest BCUT2D eigenvalue weighted by Crippen LogP contribution is -1.97. The van der Waals surface area contributed by atoms with Crippen LogP contribution in [-0.2, 0) is 0 Å². The van der Waals surface area contributed by atoms with E-state index in [2.05, 4.69) is 17.0 Å². The number of rotatable bonds is 1. The highest BCUT2D eigenvalue weighted by Crippen LogP contribution is 2.20. The van der Waals surface area contributed by atoms with Gasteiger partial charge in [0.05, 0.1) is 5.69 Å². The van der Waals surface area contributed by atoms with Gasteiger partial charge in [-0.1, -0.05) is 11.3 Å². The molecule has 2 heterocycles. The summed E-state index contributed by atoms with van der Waals surface area (Å²) in [7, 11) is 0. The maximum Gasteiger partial charge on any atom is 0.210 e. The Morgan fingerprint density at radius 3 is 2.54 bits per heavy atom. The summed E-state index contributed by atoms with van der Waals surface area (Å²) < 4.78 is 1.87.